The summed E-state index contributed by atoms with van der Waals surface area (Å²) in [6, 6.07) is -0.833. The topological polar surface area (TPSA) is 259 Å². The van der Waals surface area contributed by atoms with Crippen molar-refractivity contribution < 1.29 is 59.9 Å². The quantitative estimate of drug-likeness (QED) is 0.210. The standard InChI is InChI=1S/C12H22O11.CH4N2O/c13-1-3-5(15)6(16)9(19)12(22-3)23-10-4(2-14)21-11(20)8(18)7(10)17;2-1(3)4/h3-20H,1-2H2;(H4,2,3,4)/t3-,4-,5+,6+,7-,8-,9-,10-,11-,12+;/m1./s1. The minimum absolute atomic E-state index is 0.667. The summed E-state index contributed by atoms with van der Waals surface area (Å²) in [7, 11) is 0. The Balaban J connectivity index is 0.000000828. The molecule has 0 radical (unpaired) electrons. The number of primary amides is 2. The van der Waals surface area contributed by atoms with Crippen molar-refractivity contribution in [1.82, 2.24) is 0 Å². The Hall–Kier alpha value is -1.17. The maximum absolute atomic E-state index is 9.94. The van der Waals surface area contributed by atoms with Crippen LogP contribution in [0.2, 0.25) is 0 Å². The van der Waals surface area contributed by atoms with Crippen LogP contribution in [0.3, 0.4) is 0 Å². The van der Waals surface area contributed by atoms with Crippen LogP contribution in [0.1, 0.15) is 0 Å². The highest BCUT2D eigenvalue weighted by Gasteiger charge is 2.50. The van der Waals surface area contributed by atoms with Crippen molar-refractivity contribution in [2.75, 3.05) is 13.2 Å². The highest BCUT2D eigenvalue weighted by molar-refractivity contribution is 5.69. The summed E-state index contributed by atoms with van der Waals surface area (Å²) in [6.45, 7) is -1.35. The summed E-state index contributed by atoms with van der Waals surface area (Å²) in [6.07, 6.45) is -15.6. The van der Waals surface area contributed by atoms with Crippen molar-refractivity contribution in [3.8, 4) is 0 Å². The normalized spacial score (nSPS) is 44.9. The molecule has 0 aromatic rings. The van der Waals surface area contributed by atoms with Crippen LogP contribution in [0.15, 0.2) is 0 Å². The van der Waals surface area contributed by atoms with Crippen molar-refractivity contribution in [2.24, 2.45) is 11.5 Å². The number of carbonyl (C=O) groups excluding carboxylic acids is 1. The number of hydrogen-bond donors (Lipinski definition) is 10. The highest BCUT2D eigenvalue weighted by atomic mass is 16.7. The van der Waals surface area contributed by atoms with Crippen molar-refractivity contribution in [3.05, 3.63) is 0 Å². The Morgan fingerprint density at radius 1 is 0.778 bits per heavy atom. The molecule has 0 aromatic carbocycles. The summed E-state index contributed by atoms with van der Waals surface area (Å²) >= 11 is 0. The molecule has 2 fully saturated rings. The maximum Gasteiger partial charge on any atom is 0.309 e. The van der Waals surface area contributed by atoms with Gasteiger partial charge in [0.15, 0.2) is 12.6 Å². The third-order valence-electron chi connectivity index (χ3n) is 3.98. The van der Waals surface area contributed by atoms with Crippen LogP contribution in [-0.2, 0) is 14.2 Å². The van der Waals surface area contributed by atoms with Crippen LogP contribution in [0.25, 0.3) is 0 Å². The number of amides is 2. The lowest BCUT2D eigenvalue weighted by Crippen LogP contribution is -2.64. The largest absolute Gasteiger partial charge is 0.394 e. The highest BCUT2D eigenvalue weighted by Crippen LogP contribution is 2.28. The Bertz CT molecular complexity index is 463. The van der Waals surface area contributed by atoms with Gasteiger partial charge in [-0.15, -0.1) is 0 Å². The average Bonchev–Trinajstić information content (AvgIpc) is 2.61. The molecule has 0 aliphatic carbocycles. The Kier molecular flexibility index (Phi) is 9.19. The Morgan fingerprint density at radius 2 is 1.30 bits per heavy atom. The Labute approximate surface area is 153 Å². The molecule has 0 spiro atoms. The van der Waals surface area contributed by atoms with Crippen LogP contribution in [-0.4, -0.2) is 122 Å². The van der Waals surface area contributed by atoms with Gasteiger partial charge >= 0.3 is 6.03 Å². The summed E-state index contributed by atoms with van der Waals surface area (Å²) in [5, 5.41) is 76.5. The van der Waals surface area contributed by atoms with Gasteiger partial charge in [0, 0.05) is 0 Å². The first-order valence-corrected chi connectivity index (χ1v) is 7.86. The molecule has 160 valence electrons. The van der Waals surface area contributed by atoms with Gasteiger partial charge in [0.1, 0.15) is 48.8 Å². The third kappa shape index (κ3) is 5.90. The van der Waals surface area contributed by atoms with E-state index in [2.05, 4.69) is 11.5 Å². The molecule has 2 heterocycles. The van der Waals surface area contributed by atoms with Crippen LogP contribution in [0.5, 0.6) is 0 Å². The fourth-order valence-electron chi connectivity index (χ4n) is 2.57. The zero-order valence-corrected chi connectivity index (χ0v) is 14.1. The van der Waals surface area contributed by atoms with Gasteiger partial charge in [-0.2, -0.15) is 0 Å². The SMILES string of the molecule is NC(N)=O.OC[C@H]1O[C@@H](O[C@H]2[C@H](O)[C@@H](O)[C@H](O)O[C@@H]2CO)[C@H](O)[C@@H](O)[C@H]1O. The monoisotopic (exact) mass is 402 g/mol. The van der Waals surface area contributed by atoms with Gasteiger partial charge in [-0.3, -0.25) is 0 Å². The van der Waals surface area contributed by atoms with Gasteiger partial charge in [0.25, 0.3) is 0 Å². The van der Waals surface area contributed by atoms with Gasteiger partial charge in [-0.25, -0.2) is 4.79 Å². The van der Waals surface area contributed by atoms with E-state index in [0.29, 0.717) is 0 Å². The van der Waals surface area contributed by atoms with E-state index >= 15 is 0 Å². The van der Waals surface area contributed by atoms with Crippen LogP contribution in [0.4, 0.5) is 4.79 Å². The number of nitrogens with two attached hydrogens (primary N) is 2. The van der Waals surface area contributed by atoms with Crippen molar-refractivity contribution in [1.29, 1.82) is 0 Å². The molecular formula is C13H26N2O12. The fraction of sp³-hybridized carbons (Fsp3) is 0.923. The molecule has 2 aliphatic heterocycles. The molecule has 14 nitrogen and oxygen atoms in total. The average molecular weight is 402 g/mol. The number of ether oxygens (including phenoxy) is 3. The number of urea groups is 1. The van der Waals surface area contributed by atoms with Crippen molar-refractivity contribution in [2.45, 2.75) is 61.4 Å². The third-order valence-corrected chi connectivity index (χ3v) is 3.98. The van der Waals surface area contributed by atoms with E-state index in [1.165, 1.54) is 0 Å². The number of aliphatic hydroxyl groups excluding tert-OH is 8. The molecule has 0 aromatic heterocycles. The van der Waals surface area contributed by atoms with E-state index in [-0.39, 0.29) is 0 Å². The first-order chi connectivity index (χ1) is 12.5. The second-order valence-electron chi connectivity index (χ2n) is 5.93. The second-order valence-corrected chi connectivity index (χ2v) is 5.93. The van der Waals surface area contributed by atoms with Crippen LogP contribution in [0, 0.1) is 0 Å². The molecule has 10 atom stereocenters. The lowest BCUT2D eigenvalue weighted by molar-refractivity contribution is -0.355. The molecule has 0 unspecified atom stereocenters. The van der Waals surface area contributed by atoms with Gasteiger partial charge in [0.05, 0.1) is 13.2 Å². The maximum atomic E-state index is 9.94. The Morgan fingerprint density at radius 3 is 1.78 bits per heavy atom. The molecule has 0 bridgehead atoms. The molecule has 2 amide bonds. The molecule has 27 heavy (non-hydrogen) atoms. The molecule has 2 saturated heterocycles. The summed E-state index contributed by atoms with van der Waals surface area (Å²) in [5.41, 5.74) is 8.50. The first-order valence-electron chi connectivity index (χ1n) is 7.86. The van der Waals surface area contributed by atoms with E-state index < -0.39 is 80.7 Å². The van der Waals surface area contributed by atoms with Crippen molar-refractivity contribution in [3.63, 3.8) is 0 Å². The number of rotatable bonds is 4. The van der Waals surface area contributed by atoms with E-state index in [1.54, 1.807) is 0 Å². The smallest absolute Gasteiger partial charge is 0.309 e. The first kappa shape index (κ1) is 23.9. The molecule has 0 saturated carbocycles. The van der Waals surface area contributed by atoms with E-state index in [0.717, 1.165) is 0 Å². The predicted molar refractivity (Wildman–Crippen MR) is 82.4 cm³/mol. The molecule has 14 heteroatoms. The predicted octanol–water partition coefficient (Wildman–Crippen LogP) is -6.37. The second kappa shape index (κ2) is 10.4. The zero-order valence-electron chi connectivity index (χ0n) is 14.1. The molecule has 2 aliphatic rings. The van der Waals surface area contributed by atoms with Gasteiger partial charge in [0.2, 0.25) is 0 Å². The summed E-state index contributed by atoms with van der Waals surface area (Å²) in [5.74, 6) is 0. The summed E-state index contributed by atoms with van der Waals surface area (Å²) in [4.78, 5) is 9.00. The van der Waals surface area contributed by atoms with E-state index in [1.807, 2.05) is 0 Å². The lowest BCUT2D eigenvalue weighted by Gasteiger charge is -2.45. The van der Waals surface area contributed by atoms with Crippen molar-refractivity contribution >= 4 is 6.03 Å². The number of aliphatic hydroxyl groups is 8. The zero-order chi connectivity index (χ0) is 20.9. The minimum Gasteiger partial charge on any atom is -0.394 e. The van der Waals surface area contributed by atoms with Gasteiger partial charge in [-0.1, -0.05) is 0 Å². The molecule has 12 N–H and O–H groups in total. The summed E-state index contributed by atoms with van der Waals surface area (Å²) < 4.78 is 15.3. The lowest BCUT2D eigenvalue weighted by atomic mass is 9.97. The van der Waals surface area contributed by atoms with E-state index in [4.69, 9.17) is 24.1 Å². The van der Waals surface area contributed by atoms with E-state index in [9.17, 15) is 35.7 Å². The molecular weight excluding hydrogens is 376 g/mol. The number of hydrogen-bond acceptors (Lipinski definition) is 12. The van der Waals surface area contributed by atoms with Crippen LogP contribution >= 0.6 is 0 Å². The van der Waals surface area contributed by atoms with Crippen LogP contribution < -0.4 is 11.5 Å². The minimum atomic E-state index is -1.74. The number of carbonyl (C=O) groups is 1. The van der Waals surface area contributed by atoms with Gasteiger partial charge in [-0.05, 0) is 0 Å². The van der Waals surface area contributed by atoms with Gasteiger partial charge < -0.3 is 66.5 Å². The molecule has 2 rings (SSSR count). The fourth-order valence-corrected chi connectivity index (χ4v) is 2.57.